The van der Waals surface area contributed by atoms with Crippen LogP contribution in [0.2, 0.25) is 0 Å². The third-order valence-electron chi connectivity index (χ3n) is 5.51. The topological polar surface area (TPSA) is 74.9 Å². The number of ether oxygens (including phenoxy) is 1. The largest absolute Gasteiger partial charge is 0.379 e. The van der Waals surface area contributed by atoms with Crippen LogP contribution in [0.25, 0.3) is 11.5 Å². The van der Waals surface area contributed by atoms with Crippen molar-refractivity contribution in [3.63, 3.8) is 0 Å². The molecule has 2 aliphatic rings. The van der Waals surface area contributed by atoms with Crippen molar-refractivity contribution in [2.75, 3.05) is 59.0 Å². The molecule has 2 aliphatic heterocycles. The van der Waals surface area contributed by atoms with Crippen LogP contribution >= 0.6 is 0 Å². The first kappa shape index (κ1) is 19.0. The summed E-state index contributed by atoms with van der Waals surface area (Å²) in [5.41, 5.74) is 0.923. The van der Waals surface area contributed by atoms with Gasteiger partial charge in [-0.3, -0.25) is 14.6 Å². The maximum atomic E-state index is 12.6. The van der Waals surface area contributed by atoms with Crippen molar-refractivity contribution >= 4 is 5.91 Å². The second-order valence-electron chi connectivity index (χ2n) is 7.31. The molecular weight excluding hydrogens is 358 g/mol. The van der Waals surface area contributed by atoms with Crippen LogP contribution in [-0.2, 0) is 9.53 Å². The molecule has 0 N–H and O–H groups in total. The number of piperazine rings is 1. The number of benzene rings is 1. The van der Waals surface area contributed by atoms with Crippen LogP contribution in [0.4, 0.5) is 0 Å². The van der Waals surface area contributed by atoms with Crippen molar-refractivity contribution in [1.29, 1.82) is 0 Å². The Bertz CT molecular complexity index is 767. The Hall–Kier alpha value is -2.29. The Morgan fingerprint density at radius 2 is 1.79 bits per heavy atom. The molecule has 0 saturated carbocycles. The minimum atomic E-state index is 0.0534. The molecule has 3 heterocycles. The summed E-state index contributed by atoms with van der Waals surface area (Å²) in [6.07, 6.45) is 0. The van der Waals surface area contributed by atoms with Crippen LogP contribution in [0.5, 0.6) is 0 Å². The number of amides is 1. The molecule has 1 aromatic heterocycles. The summed E-state index contributed by atoms with van der Waals surface area (Å²) in [5, 5.41) is 4.17. The van der Waals surface area contributed by atoms with Crippen LogP contribution in [0.3, 0.4) is 0 Å². The molecule has 2 fully saturated rings. The summed E-state index contributed by atoms with van der Waals surface area (Å²) in [6.45, 7) is 8.77. The van der Waals surface area contributed by atoms with Gasteiger partial charge >= 0.3 is 0 Å². The van der Waals surface area contributed by atoms with Gasteiger partial charge in [-0.1, -0.05) is 23.4 Å². The van der Waals surface area contributed by atoms with Gasteiger partial charge < -0.3 is 14.2 Å². The van der Waals surface area contributed by atoms with E-state index < -0.39 is 0 Å². The minimum absolute atomic E-state index is 0.0534. The predicted octanol–water partition coefficient (Wildman–Crippen LogP) is 1.27. The van der Waals surface area contributed by atoms with Crippen molar-refractivity contribution in [1.82, 2.24) is 24.8 Å². The molecule has 2 aromatic rings. The number of morpholine rings is 1. The molecule has 0 aliphatic carbocycles. The Labute approximate surface area is 165 Å². The Morgan fingerprint density at radius 1 is 1.07 bits per heavy atom. The smallest absolute Gasteiger partial charge is 0.257 e. The first-order valence-electron chi connectivity index (χ1n) is 9.91. The second kappa shape index (κ2) is 8.81. The lowest BCUT2D eigenvalue weighted by Crippen LogP contribution is -2.52. The van der Waals surface area contributed by atoms with Gasteiger partial charge in [-0.25, -0.2) is 0 Å². The fourth-order valence-corrected chi connectivity index (χ4v) is 3.68. The van der Waals surface area contributed by atoms with Crippen molar-refractivity contribution in [3.05, 3.63) is 36.2 Å². The zero-order chi connectivity index (χ0) is 19.3. The number of carbonyl (C=O) groups is 1. The monoisotopic (exact) mass is 385 g/mol. The van der Waals surface area contributed by atoms with Gasteiger partial charge in [0.25, 0.3) is 5.89 Å². The molecule has 150 valence electrons. The fourth-order valence-electron chi connectivity index (χ4n) is 3.68. The highest BCUT2D eigenvalue weighted by Crippen LogP contribution is 2.23. The van der Waals surface area contributed by atoms with Crippen LogP contribution in [0.15, 0.2) is 34.9 Å². The van der Waals surface area contributed by atoms with Gasteiger partial charge in [0.05, 0.1) is 25.8 Å². The Kier molecular flexibility index (Phi) is 5.99. The van der Waals surface area contributed by atoms with Crippen LogP contribution in [0, 0.1) is 0 Å². The maximum Gasteiger partial charge on any atom is 0.257 e. The van der Waals surface area contributed by atoms with Crippen molar-refractivity contribution in [3.8, 4) is 11.5 Å². The Morgan fingerprint density at radius 3 is 2.50 bits per heavy atom. The van der Waals surface area contributed by atoms with E-state index in [1.807, 2.05) is 35.2 Å². The van der Waals surface area contributed by atoms with Crippen molar-refractivity contribution < 1.29 is 14.1 Å². The highest BCUT2D eigenvalue weighted by molar-refractivity contribution is 5.78. The summed E-state index contributed by atoms with van der Waals surface area (Å²) >= 11 is 0. The zero-order valence-corrected chi connectivity index (χ0v) is 16.3. The van der Waals surface area contributed by atoms with E-state index in [0.717, 1.165) is 44.8 Å². The van der Waals surface area contributed by atoms with E-state index in [4.69, 9.17) is 9.26 Å². The average Bonchev–Trinajstić information content (AvgIpc) is 3.25. The molecule has 0 bridgehead atoms. The summed E-state index contributed by atoms with van der Waals surface area (Å²) in [6, 6.07) is 9.84. The van der Waals surface area contributed by atoms with Crippen LogP contribution in [0.1, 0.15) is 18.8 Å². The van der Waals surface area contributed by atoms with E-state index in [1.54, 1.807) is 0 Å². The van der Waals surface area contributed by atoms with E-state index in [9.17, 15) is 4.79 Å². The third kappa shape index (κ3) is 4.40. The van der Waals surface area contributed by atoms with Crippen LogP contribution < -0.4 is 0 Å². The molecule has 28 heavy (non-hydrogen) atoms. The van der Waals surface area contributed by atoms with E-state index in [-0.39, 0.29) is 11.9 Å². The van der Waals surface area contributed by atoms with Crippen LogP contribution in [-0.4, -0.2) is 89.8 Å². The van der Waals surface area contributed by atoms with Gasteiger partial charge in [0.1, 0.15) is 0 Å². The predicted molar refractivity (Wildman–Crippen MR) is 104 cm³/mol. The molecule has 0 spiro atoms. The molecular formula is C20H27N5O3. The first-order valence-corrected chi connectivity index (χ1v) is 9.91. The lowest BCUT2D eigenvalue weighted by Gasteiger charge is -2.38. The van der Waals surface area contributed by atoms with Gasteiger partial charge in [0.2, 0.25) is 5.91 Å². The standard InChI is InChI=1S/C20H27N5O3/c1-16(19-21-20(28-22-19)17-5-3-2-4-6-17)24-7-9-25(10-8-24)18(26)15-23-11-13-27-14-12-23/h2-6,16H,7-15H2,1H3/t16-/m1/s1. The lowest BCUT2D eigenvalue weighted by molar-refractivity contribution is -0.135. The summed E-state index contributed by atoms with van der Waals surface area (Å²) in [7, 11) is 0. The van der Waals surface area contributed by atoms with E-state index in [1.165, 1.54) is 0 Å². The number of hydrogen-bond acceptors (Lipinski definition) is 7. The number of aromatic nitrogens is 2. The van der Waals surface area contributed by atoms with E-state index in [0.29, 0.717) is 31.5 Å². The maximum absolute atomic E-state index is 12.6. The van der Waals surface area contributed by atoms with Gasteiger partial charge in [0.15, 0.2) is 5.82 Å². The first-order chi connectivity index (χ1) is 13.7. The molecule has 1 amide bonds. The van der Waals surface area contributed by atoms with Crippen molar-refractivity contribution in [2.45, 2.75) is 13.0 Å². The number of rotatable bonds is 5. The molecule has 0 unspecified atom stereocenters. The summed E-state index contributed by atoms with van der Waals surface area (Å²) < 4.78 is 10.8. The van der Waals surface area contributed by atoms with Gasteiger partial charge in [-0.15, -0.1) is 0 Å². The molecule has 8 heteroatoms. The molecule has 4 rings (SSSR count). The molecule has 2 saturated heterocycles. The highest BCUT2D eigenvalue weighted by atomic mass is 16.5. The average molecular weight is 385 g/mol. The summed E-state index contributed by atoms with van der Waals surface area (Å²) in [5.74, 6) is 1.44. The van der Waals surface area contributed by atoms with E-state index >= 15 is 0 Å². The van der Waals surface area contributed by atoms with Gasteiger partial charge in [-0.05, 0) is 19.1 Å². The number of hydrogen-bond donors (Lipinski definition) is 0. The highest BCUT2D eigenvalue weighted by Gasteiger charge is 2.28. The number of carbonyl (C=O) groups excluding carboxylic acids is 1. The fraction of sp³-hybridized carbons (Fsp3) is 0.550. The van der Waals surface area contributed by atoms with Crippen molar-refractivity contribution in [2.24, 2.45) is 0 Å². The summed E-state index contributed by atoms with van der Waals surface area (Å²) in [4.78, 5) is 23.6. The van der Waals surface area contributed by atoms with Gasteiger partial charge in [-0.2, -0.15) is 4.98 Å². The molecule has 1 atom stereocenters. The molecule has 0 radical (unpaired) electrons. The van der Waals surface area contributed by atoms with E-state index in [2.05, 4.69) is 26.9 Å². The lowest BCUT2D eigenvalue weighted by atomic mass is 10.2. The number of nitrogens with zero attached hydrogens (tertiary/aromatic N) is 5. The SMILES string of the molecule is C[C@H](c1noc(-c2ccccc2)n1)N1CCN(C(=O)CN2CCOCC2)CC1. The minimum Gasteiger partial charge on any atom is -0.379 e. The molecule has 1 aromatic carbocycles. The quantitative estimate of drug-likeness (QED) is 0.767. The normalized spacial score (nSPS) is 20.2. The second-order valence-corrected chi connectivity index (χ2v) is 7.31. The van der Waals surface area contributed by atoms with Gasteiger partial charge in [0, 0.05) is 44.8 Å². The zero-order valence-electron chi connectivity index (χ0n) is 16.3. The Balaban J connectivity index is 1.30. The molecule has 8 nitrogen and oxygen atoms in total. The third-order valence-corrected chi connectivity index (χ3v) is 5.51.